The van der Waals surface area contributed by atoms with Gasteiger partial charge in [-0.1, -0.05) is 32.0 Å². The zero-order valence-corrected chi connectivity index (χ0v) is 35.0. The number of furan rings is 1. The number of alkyl carbamates (subject to hydrolysis) is 1. The average Bonchev–Trinajstić information content (AvgIpc) is 3.69. The van der Waals surface area contributed by atoms with Gasteiger partial charge in [0.1, 0.15) is 41.3 Å². The number of esters is 4. The first-order chi connectivity index (χ1) is 27.9. The summed E-state index contributed by atoms with van der Waals surface area (Å²) >= 11 is 0. The smallest absolute Gasteiger partial charge is 0.408 e. The minimum Gasteiger partial charge on any atom is -0.467 e. The summed E-state index contributed by atoms with van der Waals surface area (Å²) in [5, 5.41) is 39.6. The maximum atomic E-state index is 15.4. The predicted octanol–water partition coefficient (Wildman–Crippen LogP) is 3.42. The van der Waals surface area contributed by atoms with Gasteiger partial charge < -0.3 is 53.5 Å². The number of ketones is 1. The lowest BCUT2D eigenvalue weighted by atomic mass is 9.44. The molecular weight excluding hydrogens is 786 g/mol. The van der Waals surface area contributed by atoms with Crippen LogP contribution in [0.15, 0.2) is 64.3 Å². The maximum absolute atomic E-state index is 15.4. The number of benzene rings is 1. The molecule has 11 atom stereocenters. The van der Waals surface area contributed by atoms with E-state index in [0.717, 1.165) is 13.8 Å². The van der Waals surface area contributed by atoms with E-state index in [1.165, 1.54) is 44.4 Å². The summed E-state index contributed by atoms with van der Waals surface area (Å²) in [5.41, 5.74) is -8.72. The van der Waals surface area contributed by atoms with Gasteiger partial charge in [-0.2, -0.15) is 0 Å². The Morgan fingerprint density at radius 1 is 0.950 bits per heavy atom. The number of aliphatic hydroxyl groups is 3. The second kappa shape index (κ2) is 15.7. The highest BCUT2D eigenvalue weighted by Crippen LogP contribution is 2.64. The summed E-state index contributed by atoms with van der Waals surface area (Å²) < 4.78 is 40.8. The second-order valence-corrected chi connectivity index (χ2v) is 17.8. The van der Waals surface area contributed by atoms with E-state index in [2.05, 4.69) is 5.32 Å². The van der Waals surface area contributed by atoms with Crippen LogP contribution in [0.1, 0.15) is 97.3 Å². The molecule has 1 aromatic heterocycles. The van der Waals surface area contributed by atoms with Gasteiger partial charge in [0.25, 0.3) is 0 Å². The molecule has 0 radical (unpaired) electrons. The quantitative estimate of drug-likeness (QED) is 0.161. The molecule has 2 aromatic rings. The third-order valence-electron chi connectivity index (χ3n) is 12.5. The predicted molar refractivity (Wildman–Crippen MR) is 205 cm³/mol. The molecule has 17 heteroatoms. The molecule has 60 heavy (non-hydrogen) atoms. The fourth-order valence-corrected chi connectivity index (χ4v) is 9.57. The average molecular weight is 840 g/mol. The third-order valence-corrected chi connectivity index (χ3v) is 12.5. The van der Waals surface area contributed by atoms with E-state index in [1.807, 2.05) is 0 Å². The molecule has 1 unspecified atom stereocenters. The van der Waals surface area contributed by atoms with Crippen molar-refractivity contribution in [2.24, 2.45) is 16.7 Å². The van der Waals surface area contributed by atoms with Crippen molar-refractivity contribution in [1.82, 2.24) is 5.32 Å². The summed E-state index contributed by atoms with van der Waals surface area (Å²) in [6.07, 6.45) is -10.5. The van der Waals surface area contributed by atoms with E-state index in [-0.39, 0.29) is 35.5 Å². The van der Waals surface area contributed by atoms with Crippen LogP contribution in [0.4, 0.5) is 4.79 Å². The van der Waals surface area contributed by atoms with E-state index in [9.17, 15) is 39.3 Å². The molecule has 1 amide bonds. The van der Waals surface area contributed by atoms with E-state index >= 15 is 4.79 Å². The molecule has 2 heterocycles. The van der Waals surface area contributed by atoms with Gasteiger partial charge in [0.2, 0.25) is 0 Å². The van der Waals surface area contributed by atoms with Gasteiger partial charge in [0, 0.05) is 32.1 Å². The lowest BCUT2D eigenvalue weighted by molar-refractivity contribution is -0.346. The van der Waals surface area contributed by atoms with Crippen molar-refractivity contribution in [3.05, 3.63) is 71.2 Å². The SMILES string of the molecule is CC(=O)O[C@H]1C(=O)[C@@]2(C)[C@H]([C@H](OC(=O)c3ccccc3)[C@]3(O)C[C@H](OC(=O)[C@H](O)C(NC(=O)OC(C)(C)C)c4ccco4)C(C)=C1C3(C)C)[C@]1(OC(C)=O)CO[C@@H]1C[C@@H]2O. The Labute approximate surface area is 346 Å². The van der Waals surface area contributed by atoms with Crippen molar-refractivity contribution in [1.29, 1.82) is 0 Å². The molecular formula is C43H53NO16. The minimum absolute atomic E-state index is 0.0284. The summed E-state index contributed by atoms with van der Waals surface area (Å²) in [6.45, 7) is 12.7. The first kappa shape index (κ1) is 44.5. The standard InChI is InChI=1S/C43H53NO16/c1-21-26(57-37(51)31(48)30(25-16-13-17-54-25)44-38(52)60-39(4,5)6)19-43(53)35(58-36(50)24-14-11-10-12-15-24)33-41(9,27(47)18-28-42(33,20-55-28)59-23(3)46)34(49)32(56-22(2)45)29(21)40(43,7)8/h10-17,26-28,30-33,35,47-48,53H,18-20H2,1-9H3,(H,44,52)/t26-,27-,28+,30?,31+,32+,33-,35-,41+,42-,43+/m0/s1. The van der Waals surface area contributed by atoms with Crippen molar-refractivity contribution in [3.8, 4) is 0 Å². The van der Waals surface area contributed by atoms with Crippen LogP contribution in [-0.2, 0) is 47.6 Å². The lowest BCUT2D eigenvalue weighted by Crippen LogP contribution is -2.82. The van der Waals surface area contributed by atoms with Gasteiger partial charge in [-0.25, -0.2) is 14.4 Å². The highest BCUT2D eigenvalue weighted by Gasteiger charge is 2.78. The largest absolute Gasteiger partial charge is 0.467 e. The van der Waals surface area contributed by atoms with Crippen LogP contribution in [0.2, 0.25) is 0 Å². The first-order valence-electron chi connectivity index (χ1n) is 19.7. The molecule has 6 rings (SSSR count). The number of fused-ring (bicyclic) bond motifs is 5. The molecule has 3 fully saturated rings. The number of rotatable bonds is 9. The van der Waals surface area contributed by atoms with Crippen molar-refractivity contribution < 1.29 is 76.9 Å². The van der Waals surface area contributed by atoms with Crippen LogP contribution in [-0.4, -0.2) is 111 Å². The van der Waals surface area contributed by atoms with Crippen LogP contribution in [0, 0.1) is 16.7 Å². The summed E-state index contributed by atoms with van der Waals surface area (Å²) in [4.78, 5) is 82.5. The summed E-state index contributed by atoms with van der Waals surface area (Å²) in [7, 11) is 0. The van der Waals surface area contributed by atoms with Gasteiger partial charge >= 0.3 is 30.0 Å². The molecule has 3 aliphatic carbocycles. The van der Waals surface area contributed by atoms with Crippen LogP contribution in [0.25, 0.3) is 0 Å². The number of aliphatic hydroxyl groups excluding tert-OH is 2. The monoisotopic (exact) mass is 839 g/mol. The van der Waals surface area contributed by atoms with Crippen LogP contribution in [0.5, 0.6) is 0 Å². The van der Waals surface area contributed by atoms with Crippen LogP contribution >= 0.6 is 0 Å². The molecule has 4 aliphatic rings. The van der Waals surface area contributed by atoms with Crippen molar-refractivity contribution in [3.63, 3.8) is 0 Å². The first-order valence-corrected chi connectivity index (χ1v) is 19.7. The Morgan fingerprint density at radius 3 is 2.17 bits per heavy atom. The summed E-state index contributed by atoms with van der Waals surface area (Å²) in [6, 6.07) is 9.12. The van der Waals surface area contributed by atoms with E-state index < -0.39 is 118 Å². The second-order valence-electron chi connectivity index (χ2n) is 17.8. The van der Waals surface area contributed by atoms with Gasteiger partial charge in [0.15, 0.2) is 23.6 Å². The molecule has 2 saturated carbocycles. The van der Waals surface area contributed by atoms with Gasteiger partial charge in [-0.3, -0.25) is 14.4 Å². The summed E-state index contributed by atoms with van der Waals surface area (Å²) in [5.74, 6) is -6.44. The van der Waals surface area contributed by atoms with Crippen LogP contribution < -0.4 is 5.32 Å². The van der Waals surface area contributed by atoms with Gasteiger partial charge in [-0.05, 0) is 70.0 Å². The Hall–Kier alpha value is -5.10. The number of hydrogen-bond acceptors (Lipinski definition) is 16. The number of Topliss-reactive ketones (excluding diaryl/α,β-unsaturated/α-hetero) is 1. The van der Waals surface area contributed by atoms with Gasteiger partial charge in [-0.15, -0.1) is 0 Å². The highest BCUT2D eigenvalue weighted by molar-refractivity contribution is 5.95. The highest BCUT2D eigenvalue weighted by atomic mass is 16.6. The number of nitrogens with one attached hydrogen (secondary N) is 1. The van der Waals surface area contributed by atoms with E-state index in [4.69, 9.17) is 32.8 Å². The molecule has 326 valence electrons. The zero-order chi connectivity index (χ0) is 44.3. The fourth-order valence-electron chi connectivity index (χ4n) is 9.57. The number of carbonyl (C=O) groups excluding carboxylic acids is 6. The van der Waals surface area contributed by atoms with Crippen molar-refractivity contribution in [2.45, 2.75) is 135 Å². The Bertz CT molecular complexity index is 2050. The Kier molecular flexibility index (Phi) is 11.7. The zero-order valence-electron chi connectivity index (χ0n) is 35.0. The fraction of sp³-hybridized carbons (Fsp3) is 0.581. The molecule has 17 nitrogen and oxygen atoms in total. The van der Waals surface area contributed by atoms with Gasteiger partial charge in [0.05, 0.1) is 35.9 Å². The Morgan fingerprint density at radius 2 is 1.62 bits per heavy atom. The lowest BCUT2D eigenvalue weighted by Gasteiger charge is -2.67. The normalized spacial score (nSPS) is 32.9. The molecule has 4 N–H and O–H groups in total. The maximum Gasteiger partial charge on any atom is 0.408 e. The molecule has 1 aromatic carbocycles. The number of amides is 1. The van der Waals surface area contributed by atoms with Crippen molar-refractivity contribution in [2.75, 3.05) is 6.61 Å². The number of hydrogen-bond donors (Lipinski definition) is 4. The molecule has 1 aliphatic heterocycles. The molecule has 1 saturated heterocycles. The van der Waals surface area contributed by atoms with E-state index in [1.54, 1.807) is 52.8 Å². The van der Waals surface area contributed by atoms with E-state index in [0.29, 0.717) is 0 Å². The Balaban J connectivity index is 1.54. The number of carbonyl (C=O) groups is 6. The molecule has 2 bridgehead atoms. The van der Waals surface area contributed by atoms with Crippen molar-refractivity contribution >= 4 is 35.8 Å². The molecule has 0 spiro atoms. The number of ether oxygens (including phenoxy) is 6. The van der Waals surface area contributed by atoms with Crippen LogP contribution in [0.3, 0.4) is 0 Å². The minimum atomic E-state index is -2.41. The topological polar surface area (TPSA) is 244 Å². The third kappa shape index (κ3) is 7.49.